The van der Waals surface area contributed by atoms with Gasteiger partial charge >= 0.3 is 0 Å². The van der Waals surface area contributed by atoms with Gasteiger partial charge in [0.2, 0.25) is 0 Å². The Balaban J connectivity index is 1.38. The summed E-state index contributed by atoms with van der Waals surface area (Å²) in [6.45, 7) is 4.61. The molecular weight excluding hydrogens is 406 g/mol. The molecule has 0 aliphatic carbocycles. The SMILES string of the molecule is O=C(Nc1ccccc1N1CCN(CCc2ccncc2)CC1)c1cccc([N+](=O)[O-])c1. The molecule has 164 valence electrons. The van der Waals surface area contributed by atoms with E-state index in [1.807, 2.05) is 36.7 Å². The number of rotatable bonds is 7. The summed E-state index contributed by atoms with van der Waals surface area (Å²) in [5.41, 5.74) is 3.11. The number of hydrogen-bond acceptors (Lipinski definition) is 6. The highest BCUT2D eigenvalue weighted by Gasteiger charge is 2.20. The predicted molar refractivity (Wildman–Crippen MR) is 124 cm³/mol. The van der Waals surface area contributed by atoms with Crippen LogP contribution in [0.5, 0.6) is 0 Å². The van der Waals surface area contributed by atoms with Gasteiger partial charge in [-0.2, -0.15) is 0 Å². The van der Waals surface area contributed by atoms with E-state index >= 15 is 0 Å². The summed E-state index contributed by atoms with van der Waals surface area (Å²) in [6, 6.07) is 17.5. The molecule has 0 spiro atoms. The number of nitrogens with zero attached hydrogens (tertiary/aromatic N) is 4. The molecule has 1 aromatic heterocycles. The Morgan fingerprint density at radius 2 is 1.75 bits per heavy atom. The lowest BCUT2D eigenvalue weighted by atomic mass is 10.1. The van der Waals surface area contributed by atoms with Gasteiger partial charge in [-0.1, -0.05) is 18.2 Å². The summed E-state index contributed by atoms with van der Waals surface area (Å²) in [4.78, 5) is 32.0. The molecule has 1 aliphatic heterocycles. The lowest BCUT2D eigenvalue weighted by Gasteiger charge is -2.37. The second-order valence-electron chi connectivity index (χ2n) is 7.71. The minimum atomic E-state index is -0.501. The van der Waals surface area contributed by atoms with E-state index in [4.69, 9.17) is 0 Å². The van der Waals surface area contributed by atoms with Crippen molar-refractivity contribution in [3.8, 4) is 0 Å². The van der Waals surface area contributed by atoms with E-state index in [2.05, 4.69) is 32.2 Å². The standard InChI is InChI=1S/C24H25N5O3/c30-24(20-4-3-5-21(18-20)29(31)32)26-22-6-1-2-7-23(22)28-16-14-27(15-17-28)13-10-19-8-11-25-12-9-19/h1-9,11-12,18H,10,13-17H2,(H,26,30). The first-order valence-electron chi connectivity index (χ1n) is 10.6. The summed E-state index contributed by atoms with van der Waals surface area (Å²) < 4.78 is 0. The van der Waals surface area contributed by atoms with Gasteiger partial charge in [0.1, 0.15) is 0 Å². The molecule has 4 rings (SSSR count). The molecular formula is C24H25N5O3. The lowest BCUT2D eigenvalue weighted by molar-refractivity contribution is -0.384. The molecule has 2 heterocycles. The zero-order chi connectivity index (χ0) is 22.3. The first-order chi connectivity index (χ1) is 15.6. The maximum Gasteiger partial charge on any atom is 0.270 e. The zero-order valence-electron chi connectivity index (χ0n) is 17.7. The van der Waals surface area contributed by atoms with E-state index in [1.54, 1.807) is 6.07 Å². The Bertz CT molecular complexity index is 1080. The average Bonchev–Trinajstić information content (AvgIpc) is 2.84. The van der Waals surface area contributed by atoms with Gasteiger partial charge < -0.3 is 10.2 Å². The molecule has 1 fully saturated rings. The van der Waals surface area contributed by atoms with Crippen molar-refractivity contribution in [2.24, 2.45) is 0 Å². The molecule has 8 nitrogen and oxygen atoms in total. The monoisotopic (exact) mass is 431 g/mol. The second kappa shape index (κ2) is 10.0. The molecule has 0 bridgehead atoms. The third kappa shape index (κ3) is 5.28. The number of anilines is 2. The molecule has 0 saturated carbocycles. The van der Waals surface area contributed by atoms with Gasteiger partial charge in [0, 0.05) is 62.8 Å². The minimum absolute atomic E-state index is 0.103. The van der Waals surface area contributed by atoms with Crippen LogP contribution in [0.2, 0.25) is 0 Å². The van der Waals surface area contributed by atoms with Gasteiger partial charge in [-0.25, -0.2) is 0 Å². The number of nitro groups is 1. The van der Waals surface area contributed by atoms with Crippen molar-refractivity contribution < 1.29 is 9.72 Å². The van der Waals surface area contributed by atoms with Crippen molar-refractivity contribution in [3.63, 3.8) is 0 Å². The van der Waals surface area contributed by atoms with Crippen LogP contribution in [0.4, 0.5) is 17.1 Å². The van der Waals surface area contributed by atoms with Gasteiger partial charge in [0.25, 0.3) is 11.6 Å². The number of nitro benzene ring substituents is 1. The molecule has 1 N–H and O–H groups in total. The Hall–Kier alpha value is -3.78. The summed E-state index contributed by atoms with van der Waals surface area (Å²) in [5, 5.41) is 13.9. The topological polar surface area (TPSA) is 91.6 Å². The number of aromatic nitrogens is 1. The van der Waals surface area contributed by atoms with Crippen LogP contribution in [-0.2, 0) is 6.42 Å². The molecule has 2 aromatic carbocycles. The number of nitrogens with one attached hydrogen (secondary N) is 1. The van der Waals surface area contributed by atoms with Crippen molar-refractivity contribution >= 4 is 23.0 Å². The van der Waals surface area contributed by atoms with Crippen LogP contribution in [0.3, 0.4) is 0 Å². The highest BCUT2D eigenvalue weighted by Crippen LogP contribution is 2.27. The Kier molecular flexibility index (Phi) is 6.72. The van der Waals surface area contributed by atoms with E-state index in [1.165, 1.54) is 23.8 Å². The Labute approximate surface area is 186 Å². The van der Waals surface area contributed by atoms with E-state index < -0.39 is 4.92 Å². The number of hydrogen-bond donors (Lipinski definition) is 1. The summed E-state index contributed by atoms with van der Waals surface area (Å²) in [7, 11) is 0. The fourth-order valence-corrected chi connectivity index (χ4v) is 3.86. The van der Waals surface area contributed by atoms with E-state index in [0.29, 0.717) is 5.69 Å². The third-order valence-corrected chi connectivity index (χ3v) is 5.65. The number of carbonyl (C=O) groups is 1. The number of pyridine rings is 1. The van der Waals surface area contributed by atoms with E-state index in [-0.39, 0.29) is 17.2 Å². The van der Waals surface area contributed by atoms with Crippen LogP contribution in [-0.4, -0.2) is 53.4 Å². The molecule has 1 amide bonds. The van der Waals surface area contributed by atoms with Gasteiger partial charge in [0.15, 0.2) is 0 Å². The minimum Gasteiger partial charge on any atom is -0.367 e. The lowest BCUT2D eigenvalue weighted by Crippen LogP contribution is -2.47. The van der Waals surface area contributed by atoms with Crippen LogP contribution >= 0.6 is 0 Å². The summed E-state index contributed by atoms with van der Waals surface area (Å²) >= 11 is 0. The largest absolute Gasteiger partial charge is 0.367 e. The average molecular weight is 431 g/mol. The van der Waals surface area contributed by atoms with E-state index in [0.717, 1.165) is 44.8 Å². The second-order valence-corrected chi connectivity index (χ2v) is 7.71. The molecule has 8 heteroatoms. The first-order valence-corrected chi connectivity index (χ1v) is 10.6. The molecule has 1 aliphatic rings. The summed E-state index contributed by atoms with van der Waals surface area (Å²) in [6.07, 6.45) is 4.65. The maximum absolute atomic E-state index is 12.7. The number of amides is 1. The summed E-state index contributed by atoms with van der Waals surface area (Å²) in [5.74, 6) is -0.364. The van der Waals surface area contributed by atoms with Crippen molar-refractivity contribution in [2.45, 2.75) is 6.42 Å². The first kappa shape index (κ1) is 21.5. The van der Waals surface area contributed by atoms with Crippen molar-refractivity contribution in [1.82, 2.24) is 9.88 Å². The van der Waals surface area contributed by atoms with Crippen LogP contribution < -0.4 is 10.2 Å². The Morgan fingerprint density at radius 1 is 1.00 bits per heavy atom. The van der Waals surface area contributed by atoms with E-state index in [9.17, 15) is 14.9 Å². The fraction of sp³-hybridized carbons (Fsp3) is 0.250. The fourth-order valence-electron chi connectivity index (χ4n) is 3.86. The Morgan fingerprint density at radius 3 is 2.50 bits per heavy atom. The number of carbonyl (C=O) groups excluding carboxylic acids is 1. The number of piperazine rings is 1. The number of benzene rings is 2. The molecule has 32 heavy (non-hydrogen) atoms. The molecule has 0 radical (unpaired) electrons. The maximum atomic E-state index is 12.7. The molecule has 3 aromatic rings. The highest BCUT2D eigenvalue weighted by molar-refractivity contribution is 6.06. The smallest absolute Gasteiger partial charge is 0.270 e. The molecule has 0 atom stereocenters. The molecule has 0 unspecified atom stereocenters. The van der Waals surface area contributed by atoms with Crippen molar-refractivity contribution in [2.75, 3.05) is 42.9 Å². The van der Waals surface area contributed by atoms with Gasteiger partial charge in [0.05, 0.1) is 16.3 Å². The van der Waals surface area contributed by atoms with Crippen LogP contribution in [0, 0.1) is 10.1 Å². The van der Waals surface area contributed by atoms with Gasteiger partial charge in [-0.15, -0.1) is 0 Å². The van der Waals surface area contributed by atoms with Crippen molar-refractivity contribution in [1.29, 1.82) is 0 Å². The predicted octanol–water partition coefficient (Wildman–Crippen LogP) is 3.61. The van der Waals surface area contributed by atoms with Crippen LogP contribution in [0.1, 0.15) is 15.9 Å². The normalized spacial score (nSPS) is 14.2. The van der Waals surface area contributed by atoms with Crippen LogP contribution in [0.25, 0.3) is 0 Å². The third-order valence-electron chi connectivity index (χ3n) is 5.65. The number of para-hydroxylation sites is 2. The molecule has 1 saturated heterocycles. The van der Waals surface area contributed by atoms with Crippen molar-refractivity contribution in [3.05, 3.63) is 94.3 Å². The highest BCUT2D eigenvalue weighted by atomic mass is 16.6. The van der Waals surface area contributed by atoms with Gasteiger partial charge in [-0.3, -0.25) is 24.8 Å². The number of non-ortho nitro benzene ring substituents is 1. The quantitative estimate of drug-likeness (QED) is 0.454. The van der Waals surface area contributed by atoms with Gasteiger partial charge in [-0.05, 0) is 42.3 Å². The zero-order valence-corrected chi connectivity index (χ0v) is 17.7. The van der Waals surface area contributed by atoms with Crippen LogP contribution in [0.15, 0.2) is 73.1 Å².